The fourth-order valence-electron chi connectivity index (χ4n) is 3.15. The third kappa shape index (κ3) is 2.42. The van der Waals surface area contributed by atoms with Crippen molar-refractivity contribution in [2.75, 3.05) is 13.3 Å². The summed E-state index contributed by atoms with van der Waals surface area (Å²) in [5.74, 6) is -0.763. The molecule has 0 radical (unpaired) electrons. The minimum Gasteiger partial charge on any atom is -0.496 e. The molecule has 120 valence electrons. The number of ether oxygens (including phenoxy) is 1. The summed E-state index contributed by atoms with van der Waals surface area (Å²) in [7, 11) is -1.98. The van der Waals surface area contributed by atoms with Crippen molar-refractivity contribution in [3.8, 4) is 0 Å². The topological polar surface area (TPSA) is 26.3 Å². The molecule has 0 N–H and O–H groups in total. The van der Waals surface area contributed by atoms with Crippen molar-refractivity contribution in [3.05, 3.63) is 59.2 Å². The first-order valence-corrected chi connectivity index (χ1v) is 9.35. The molecular formula is C18H17F2O2P. The number of halogens is 2. The second-order valence-corrected chi connectivity index (χ2v) is 8.31. The molecule has 1 aliphatic heterocycles. The van der Waals surface area contributed by atoms with E-state index in [-0.39, 0.29) is 16.8 Å². The van der Waals surface area contributed by atoms with E-state index in [1.165, 1.54) is 19.2 Å². The smallest absolute Gasteiger partial charge is 0.150 e. The molecule has 0 spiro atoms. The van der Waals surface area contributed by atoms with Gasteiger partial charge in [-0.3, -0.25) is 0 Å². The van der Waals surface area contributed by atoms with Crippen molar-refractivity contribution in [2.45, 2.75) is 13.3 Å². The number of hydrogen-bond acceptors (Lipinski definition) is 2. The van der Waals surface area contributed by atoms with Gasteiger partial charge in [0.25, 0.3) is 0 Å². The Hall–Kier alpha value is -1.93. The summed E-state index contributed by atoms with van der Waals surface area (Å²) in [6, 6.07) is 8.99. The van der Waals surface area contributed by atoms with Gasteiger partial charge in [0.05, 0.1) is 17.7 Å². The molecule has 0 amide bonds. The van der Waals surface area contributed by atoms with E-state index < -0.39 is 18.8 Å². The fraction of sp³-hybridized carbons (Fsp3) is 0.222. The normalized spacial score (nSPS) is 19.4. The van der Waals surface area contributed by atoms with Gasteiger partial charge in [-0.1, -0.05) is 31.2 Å². The van der Waals surface area contributed by atoms with E-state index >= 15 is 0 Å². The lowest BCUT2D eigenvalue weighted by atomic mass is 10.1. The van der Waals surface area contributed by atoms with Crippen LogP contribution in [0.15, 0.2) is 36.4 Å². The van der Waals surface area contributed by atoms with E-state index in [0.717, 1.165) is 0 Å². The fourth-order valence-corrected chi connectivity index (χ4v) is 6.42. The Morgan fingerprint density at radius 2 is 1.70 bits per heavy atom. The van der Waals surface area contributed by atoms with E-state index in [4.69, 9.17) is 4.74 Å². The van der Waals surface area contributed by atoms with E-state index in [1.807, 2.05) is 6.92 Å². The number of fused-ring (bicyclic) bond motifs is 2. The Bertz CT molecular complexity index is 843. The lowest BCUT2D eigenvalue weighted by molar-refractivity contribution is 0.373. The predicted molar refractivity (Wildman–Crippen MR) is 89.7 cm³/mol. The highest BCUT2D eigenvalue weighted by Crippen LogP contribution is 2.50. The maximum Gasteiger partial charge on any atom is 0.150 e. The van der Waals surface area contributed by atoms with Crippen molar-refractivity contribution < 1.29 is 18.1 Å². The second kappa shape index (κ2) is 5.93. The van der Waals surface area contributed by atoms with Gasteiger partial charge in [0, 0.05) is 11.7 Å². The summed E-state index contributed by atoms with van der Waals surface area (Å²) in [5.41, 5.74) is 0.911. The average molecular weight is 334 g/mol. The first-order chi connectivity index (χ1) is 11.0. The summed E-state index contributed by atoms with van der Waals surface area (Å²) < 4.78 is 48.4. The van der Waals surface area contributed by atoms with E-state index in [9.17, 15) is 13.3 Å². The zero-order chi connectivity index (χ0) is 16.6. The Morgan fingerprint density at radius 3 is 2.35 bits per heavy atom. The van der Waals surface area contributed by atoms with Crippen LogP contribution in [0, 0.1) is 11.6 Å². The molecule has 0 saturated carbocycles. The quantitative estimate of drug-likeness (QED) is 0.789. The molecule has 2 aromatic carbocycles. The number of methoxy groups -OCH3 is 1. The first kappa shape index (κ1) is 15.9. The molecule has 1 atom stereocenters. The van der Waals surface area contributed by atoms with Crippen LogP contribution in [0.1, 0.15) is 24.5 Å². The lowest BCUT2D eigenvalue weighted by Gasteiger charge is -2.22. The Balaban J connectivity index is 2.48. The highest BCUT2D eigenvalue weighted by Gasteiger charge is 2.38. The molecule has 23 heavy (non-hydrogen) atoms. The van der Waals surface area contributed by atoms with Crippen LogP contribution in [0.3, 0.4) is 0 Å². The van der Waals surface area contributed by atoms with Gasteiger partial charge in [-0.15, -0.1) is 0 Å². The summed E-state index contributed by atoms with van der Waals surface area (Å²) in [6.45, 7) is 1.86. The van der Waals surface area contributed by atoms with Crippen LogP contribution in [-0.4, -0.2) is 13.3 Å². The minimum atomic E-state index is -3.44. The van der Waals surface area contributed by atoms with Crippen molar-refractivity contribution in [3.63, 3.8) is 0 Å². The highest BCUT2D eigenvalue weighted by molar-refractivity contribution is 7.79. The van der Waals surface area contributed by atoms with Gasteiger partial charge in [0.15, 0.2) is 0 Å². The van der Waals surface area contributed by atoms with Crippen LogP contribution >= 0.6 is 7.14 Å². The Kier molecular flexibility index (Phi) is 4.11. The van der Waals surface area contributed by atoms with Crippen LogP contribution in [0.2, 0.25) is 0 Å². The maximum atomic E-state index is 14.6. The molecule has 5 heteroatoms. The molecule has 0 aliphatic carbocycles. The summed E-state index contributed by atoms with van der Waals surface area (Å²) in [6.07, 6.45) is 2.40. The molecule has 1 unspecified atom stereocenters. The van der Waals surface area contributed by atoms with Crippen LogP contribution in [0.25, 0.3) is 11.8 Å². The van der Waals surface area contributed by atoms with Crippen LogP contribution in [0.5, 0.6) is 0 Å². The molecular weight excluding hydrogens is 317 g/mol. The SMILES string of the molecule is CCCP1(=O)c2c(F)cccc2C=C(OC)c2cccc(F)c21. The molecule has 0 bridgehead atoms. The maximum absolute atomic E-state index is 14.6. The van der Waals surface area contributed by atoms with E-state index in [0.29, 0.717) is 23.3 Å². The monoisotopic (exact) mass is 334 g/mol. The summed E-state index contributed by atoms with van der Waals surface area (Å²) in [4.78, 5) is 0. The predicted octanol–water partition coefficient (Wildman–Crippen LogP) is 4.15. The number of hydrogen-bond donors (Lipinski definition) is 0. The van der Waals surface area contributed by atoms with Crippen molar-refractivity contribution in [2.24, 2.45) is 0 Å². The molecule has 0 saturated heterocycles. The average Bonchev–Trinajstić information content (AvgIpc) is 2.62. The minimum absolute atomic E-state index is 0.0683. The van der Waals surface area contributed by atoms with Gasteiger partial charge in [0.1, 0.15) is 24.5 Å². The Labute approximate surface area is 134 Å². The van der Waals surface area contributed by atoms with Crippen molar-refractivity contribution >= 4 is 29.6 Å². The van der Waals surface area contributed by atoms with Crippen molar-refractivity contribution in [1.29, 1.82) is 0 Å². The molecule has 0 fully saturated rings. The molecule has 0 aromatic heterocycles. The molecule has 2 aromatic rings. The van der Waals surface area contributed by atoms with Gasteiger partial charge in [-0.05, 0) is 30.2 Å². The van der Waals surface area contributed by atoms with Gasteiger partial charge < -0.3 is 9.30 Å². The zero-order valence-corrected chi connectivity index (χ0v) is 13.9. The zero-order valence-electron chi connectivity index (χ0n) is 13.0. The highest BCUT2D eigenvalue weighted by atomic mass is 31.2. The number of benzene rings is 2. The van der Waals surface area contributed by atoms with Crippen LogP contribution in [-0.2, 0) is 9.30 Å². The molecule has 1 aliphatic rings. The van der Waals surface area contributed by atoms with E-state index in [2.05, 4.69) is 0 Å². The largest absolute Gasteiger partial charge is 0.496 e. The summed E-state index contributed by atoms with van der Waals surface area (Å²) >= 11 is 0. The Morgan fingerprint density at radius 1 is 1.04 bits per heavy atom. The van der Waals surface area contributed by atoms with Gasteiger partial charge in [-0.2, -0.15) is 0 Å². The van der Waals surface area contributed by atoms with Crippen molar-refractivity contribution in [1.82, 2.24) is 0 Å². The van der Waals surface area contributed by atoms with Crippen LogP contribution in [0.4, 0.5) is 8.78 Å². The third-order valence-electron chi connectivity index (χ3n) is 4.04. The third-order valence-corrected chi connectivity index (χ3v) is 7.49. The van der Waals surface area contributed by atoms with Gasteiger partial charge >= 0.3 is 0 Å². The lowest BCUT2D eigenvalue weighted by Crippen LogP contribution is -2.26. The number of rotatable bonds is 3. The van der Waals surface area contributed by atoms with Gasteiger partial charge in [-0.25, -0.2) is 8.78 Å². The molecule has 3 rings (SSSR count). The molecule has 1 heterocycles. The summed E-state index contributed by atoms with van der Waals surface area (Å²) in [5, 5.41) is 0.166. The standard InChI is InChI=1S/C18H17F2O2P/c1-3-10-23(21)17-12(6-4-8-14(17)19)11-16(22-2)13-7-5-9-15(20)18(13)23/h4-9,11H,3,10H2,1-2H3. The van der Waals surface area contributed by atoms with Crippen LogP contribution < -0.4 is 10.6 Å². The molecule has 2 nitrogen and oxygen atoms in total. The first-order valence-electron chi connectivity index (χ1n) is 7.46. The second-order valence-electron chi connectivity index (χ2n) is 5.49. The van der Waals surface area contributed by atoms with Gasteiger partial charge in [0.2, 0.25) is 0 Å². The van der Waals surface area contributed by atoms with E-state index in [1.54, 1.807) is 30.3 Å².